The Bertz CT molecular complexity index is 645. The van der Waals surface area contributed by atoms with Crippen molar-refractivity contribution in [1.82, 2.24) is 14.5 Å². The van der Waals surface area contributed by atoms with Crippen molar-refractivity contribution < 1.29 is 13.2 Å². The lowest BCUT2D eigenvalue weighted by Crippen LogP contribution is -2.52. The van der Waals surface area contributed by atoms with Gasteiger partial charge in [-0.25, -0.2) is 8.42 Å². The molecule has 1 amide bonds. The van der Waals surface area contributed by atoms with Crippen molar-refractivity contribution in [3.63, 3.8) is 0 Å². The van der Waals surface area contributed by atoms with Gasteiger partial charge in [0.25, 0.3) is 5.91 Å². The van der Waals surface area contributed by atoms with Gasteiger partial charge in [-0.3, -0.25) is 4.79 Å². The number of rotatable bonds is 5. The molecule has 1 heterocycles. The van der Waals surface area contributed by atoms with Gasteiger partial charge >= 0.3 is 0 Å². The van der Waals surface area contributed by atoms with Crippen LogP contribution in [-0.2, 0) is 10.0 Å². The van der Waals surface area contributed by atoms with Gasteiger partial charge in [0, 0.05) is 44.3 Å². The molecule has 0 saturated carbocycles. The standard InChI is InChI=1S/C16H25N3O3S.ClH/c1-4-18(5-2)23(21,22)15-8-6-14(7-9-15)16(20)19-11-10-17-12-13(19)3;/h6-9,13,17H,4-5,10-12H2,1-3H3;1H/t13-;/m0./s1. The first-order chi connectivity index (χ1) is 10.9. The van der Waals surface area contributed by atoms with Gasteiger partial charge in [-0.1, -0.05) is 13.8 Å². The second-order valence-corrected chi connectivity index (χ2v) is 7.60. The molecule has 136 valence electrons. The Kier molecular flexibility index (Phi) is 7.66. The molecule has 1 aliphatic heterocycles. The maximum absolute atomic E-state index is 12.6. The molecule has 0 aliphatic carbocycles. The fourth-order valence-electron chi connectivity index (χ4n) is 2.79. The highest BCUT2D eigenvalue weighted by Gasteiger charge is 2.25. The Balaban J connectivity index is 0.00000288. The zero-order valence-electron chi connectivity index (χ0n) is 14.4. The fourth-order valence-corrected chi connectivity index (χ4v) is 4.25. The molecule has 0 spiro atoms. The van der Waals surface area contributed by atoms with E-state index in [1.807, 2.05) is 25.7 Å². The van der Waals surface area contributed by atoms with E-state index in [0.717, 1.165) is 13.1 Å². The summed E-state index contributed by atoms with van der Waals surface area (Å²) >= 11 is 0. The number of carbonyl (C=O) groups excluding carboxylic acids is 1. The molecule has 6 nitrogen and oxygen atoms in total. The van der Waals surface area contributed by atoms with Gasteiger partial charge in [-0.05, 0) is 31.2 Å². The van der Waals surface area contributed by atoms with Crippen molar-refractivity contribution >= 4 is 28.3 Å². The topological polar surface area (TPSA) is 69.7 Å². The van der Waals surface area contributed by atoms with Crippen LogP contribution in [-0.4, -0.2) is 62.3 Å². The van der Waals surface area contributed by atoms with Crippen LogP contribution in [0, 0.1) is 0 Å². The van der Waals surface area contributed by atoms with Crippen molar-refractivity contribution in [3.05, 3.63) is 29.8 Å². The molecule has 1 fully saturated rings. The summed E-state index contributed by atoms with van der Waals surface area (Å²) in [7, 11) is -3.48. The number of sulfonamides is 1. The Hall–Kier alpha value is -1.15. The molecule has 1 saturated heterocycles. The minimum Gasteiger partial charge on any atom is -0.333 e. The summed E-state index contributed by atoms with van der Waals surface area (Å²) < 4.78 is 26.3. The average molecular weight is 376 g/mol. The van der Waals surface area contributed by atoms with Crippen LogP contribution in [0.3, 0.4) is 0 Å². The van der Waals surface area contributed by atoms with Crippen LogP contribution in [0.25, 0.3) is 0 Å². The highest BCUT2D eigenvalue weighted by molar-refractivity contribution is 7.89. The van der Waals surface area contributed by atoms with Crippen LogP contribution in [0.5, 0.6) is 0 Å². The minimum atomic E-state index is -3.48. The van der Waals surface area contributed by atoms with Crippen molar-refractivity contribution in [2.45, 2.75) is 31.7 Å². The lowest BCUT2D eigenvalue weighted by Gasteiger charge is -2.34. The largest absolute Gasteiger partial charge is 0.333 e. The van der Waals surface area contributed by atoms with Gasteiger partial charge in [-0.2, -0.15) is 4.31 Å². The van der Waals surface area contributed by atoms with Gasteiger partial charge in [-0.15, -0.1) is 12.4 Å². The molecular weight excluding hydrogens is 350 g/mol. The van der Waals surface area contributed by atoms with E-state index in [9.17, 15) is 13.2 Å². The molecule has 1 N–H and O–H groups in total. The first-order valence-corrected chi connectivity index (χ1v) is 9.47. The number of nitrogens with zero attached hydrogens (tertiary/aromatic N) is 2. The number of halogens is 1. The lowest BCUT2D eigenvalue weighted by molar-refractivity contribution is 0.0655. The monoisotopic (exact) mass is 375 g/mol. The number of carbonyl (C=O) groups is 1. The number of benzene rings is 1. The summed E-state index contributed by atoms with van der Waals surface area (Å²) in [4.78, 5) is 14.6. The molecule has 8 heteroatoms. The zero-order valence-corrected chi connectivity index (χ0v) is 16.0. The molecule has 1 aromatic carbocycles. The van der Waals surface area contributed by atoms with E-state index >= 15 is 0 Å². The maximum Gasteiger partial charge on any atom is 0.254 e. The predicted octanol–water partition coefficient (Wildman–Crippen LogP) is 1.57. The molecule has 0 bridgehead atoms. The average Bonchev–Trinajstić information content (AvgIpc) is 2.55. The summed E-state index contributed by atoms with van der Waals surface area (Å²) in [6.07, 6.45) is 0. The number of hydrogen-bond acceptors (Lipinski definition) is 4. The van der Waals surface area contributed by atoms with E-state index in [4.69, 9.17) is 0 Å². The Morgan fingerprint density at radius 2 is 1.83 bits per heavy atom. The van der Waals surface area contributed by atoms with Crippen molar-refractivity contribution in [3.8, 4) is 0 Å². The first kappa shape index (κ1) is 20.9. The SMILES string of the molecule is CCN(CC)S(=O)(=O)c1ccc(C(=O)N2CCNC[C@@H]2C)cc1.Cl. The van der Waals surface area contributed by atoms with Gasteiger partial charge in [0.15, 0.2) is 0 Å². The van der Waals surface area contributed by atoms with Crippen LogP contribution in [0.15, 0.2) is 29.2 Å². The van der Waals surface area contributed by atoms with E-state index in [1.165, 1.54) is 16.4 Å². The second-order valence-electron chi connectivity index (χ2n) is 5.67. The van der Waals surface area contributed by atoms with Gasteiger partial charge in [0.05, 0.1) is 4.90 Å². The first-order valence-electron chi connectivity index (χ1n) is 8.03. The van der Waals surface area contributed by atoms with Gasteiger partial charge < -0.3 is 10.2 Å². The smallest absolute Gasteiger partial charge is 0.254 e. The molecule has 0 unspecified atom stereocenters. The summed E-state index contributed by atoms with van der Waals surface area (Å²) in [5, 5.41) is 3.25. The third kappa shape index (κ3) is 4.27. The van der Waals surface area contributed by atoms with Crippen LogP contribution < -0.4 is 5.32 Å². The van der Waals surface area contributed by atoms with Crippen molar-refractivity contribution in [1.29, 1.82) is 0 Å². The molecule has 1 aromatic rings. The third-order valence-electron chi connectivity index (χ3n) is 4.21. The summed E-state index contributed by atoms with van der Waals surface area (Å²) in [6.45, 7) is 8.71. The quantitative estimate of drug-likeness (QED) is 0.848. The van der Waals surface area contributed by atoms with Crippen LogP contribution >= 0.6 is 12.4 Å². The summed E-state index contributed by atoms with van der Waals surface area (Å²) in [5.74, 6) is -0.0502. The number of hydrogen-bond donors (Lipinski definition) is 1. The fraction of sp³-hybridized carbons (Fsp3) is 0.562. The number of nitrogens with one attached hydrogen (secondary N) is 1. The number of amides is 1. The molecule has 2 rings (SSSR count). The normalized spacial score (nSPS) is 18.3. The number of piperazine rings is 1. The lowest BCUT2D eigenvalue weighted by atomic mass is 10.1. The van der Waals surface area contributed by atoms with Crippen LogP contribution in [0.1, 0.15) is 31.1 Å². The molecular formula is C16H26ClN3O3S. The molecule has 24 heavy (non-hydrogen) atoms. The van der Waals surface area contributed by atoms with Gasteiger partial charge in [0.2, 0.25) is 10.0 Å². The summed E-state index contributed by atoms with van der Waals surface area (Å²) in [6, 6.07) is 6.39. The van der Waals surface area contributed by atoms with E-state index in [2.05, 4.69) is 5.32 Å². The third-order valence-corrected chi connectivity index (χ3v) is 6.27. The van der Waals surface area contributed by atoms with E-state index in [1.54, 1.807) is 12.1 Å². The predicted molar refractivity (Wildman–Crippen MR) is 97.2 cm³/mol. The molecule has 0 radical (unpaired) electrons. The Labute approximate surface area is 150 Å². The minimum absolute atomic E-state index is 0. The van der Waals surface area contributed by atoms with Crippen molar-refractivity contribution in [2.75, 3.05) is 32.7 Å². The molecule has 1 atom stereocenters. The second kappa shape index (κ2) is 8.80. The van der Waals surface area contributed by atoms with Crippen molar-refractivity contribution in [2.24, 2.45) is 0 Å². The van der Waals surface area contributed by atoms with Crippen LogP contribution in [0.4, 0.5) is 0 Å². The highest BCUT2D eigenvalue weighted by Crippen LogP contribution is 2.18. The maximum atomic E-state index is 12.6. The zero-order chi connectivity index (χ0) is 17.0. The summed E-state index contributed by atoms with van der Waals surface area (Å²) in [5.41, 5.74) is 0.525. The van der Waals surface area contributed by atoms with E-state index in [-0.39, 0.29) is 29.3 Å². The molecule has 1 aliphatic rings. The van der Waals surface area contributed by atoms with E-state index in [0.29, 0.717) is 25.2 Å². The van der Waals surface area contributed by atoms with Crippen LogP contribution in [0.2, 0.25) is 0 Å². The van der Waals surface area contributed by atoms with E-state index < -0.39 is 10.0 Å². The molecule has 0 aromatic heterocycles. The Morgan fingerprint density at radius 3 is 2.33 bits per heavy atom. The highest BCUT2D eigenvalue weighted by atomic mass is 35.5. The Morgan fingerprint density at radius 1 is 1.25 bits per heavy atom. The van der Waals surface area contributed by atoms with Gasteiger partial charge in [0.1, 0.15) is 0 Å².